The minimum atomic E-state index is -0.424. The molecule has 0 radical (unpaired) electrons. The Morgan fingerprint density at radius 1 is 1.40 bits per heavy atom. The van der Waals surface area contributed by atoms with Gasteiger partial charge in [-0.2, -0.15) is 0 Å². The van der Waals surface area contributed by atoms with Gasteiger partial charge in [-0.25, -0.2) is 0 Å². The van der Waals surface area contributed by atoms with Crippen LogP contribution in [-0.2, 0) is 4.79 Å². The molecule has 0 spiro atoms. The number of carbonyl (C=O) groups excluding carboxylic acids is 1. The molecule has 1 aromatic carbocycles. The van der Waals surface area contributed by atoms with E-state index >= 15 is 0 Å². The lowest BCUT2D eigenvalue weighted by molar-refractivity contribution is -0.125. The number of hydrogen-bond donors (Lipinski definition) is 2. The van der Waals surface area contributed by atoms with Crippen molar-refractivity contribution in [3.63, 3.8) is 0 Å². The second kappa shape index (κ2) is 6.37. The number of carbonyl (C=O) groups is 1. The van der Waals surface area contributed by atoms with Gasteiger partial charge in [0.2, 0.25) is 5.91 Å². The maximum Gasteiger partial charge on any atom is 0.231 e. The van der Waals surface area contributed by atoms with Crippen LogP contribution in [0.3, 0.4) is 0 Å². The molecule has 1 aromatic rings. The molecule has 1 fully saturated rings. The van der Waals surface area contributed by atoms with E-state index in [2.05, 4.69) is 10.2 Å². The molecular formula is C16H25N3O. The van der Waals surface area contributed by atoms with Crippen LogP contribution in [0.4, 0.5) is 5.69 Å². The molecule has 0 aliphatic carbocycles. The smallest absolute Gasteiger partial charge is 0.231 e. The monoisotopic (exact) mass is 275 g/mol. The summed E-state index contributed by atoms with van der Waals surface area (Å²) in [7, 11) is 0. The van der Waals surface area contributed by atoms with Crippen molar-refractivity contribution >= 4 is 11.6 Å². The lowest BCUT2D eigenvalue weighted by Gasteiger charge is -2.36. The first-order chi connectivity index (χ1) is 9.47. The van der Waals surface area contributed by atoms with Gasteiger partial charge in [-0.1, -0.05) is 18.2 Å². The maximum absolute atomic E-state index is 12.4. The average molecular weight is 275 g/mol. The van der Waals surface area contributed by atoms with Gasteiger partial charge < -0.3 is 16.0 Å². The minimum Gasteiger partial charge on any atom is -0.327 e. The lowest BCUT2D eigenvalue weighted by Crippen LogP contribution is -2.49. The molecule has 1 saturated heterocycles. The molecule has 0 saturated carbocycles. The van der Waals surface area contributed by atoms with E-state index in [1.165, 1.54) is 0 Å². The first-order valence-electron chi connectivity index (χ1n) is 7.32. The molecule has 0 aromatic heterocycles. The van der Waals surface area contributed by atoms with Crippen LogP contribution in [0.15, 0.2) is 30.3 Å². The summed E-state index contributed by atoms with van der Waals surface area (Å²) in [6, 6.07) is 9.85. The van der Waals surface area contributed by atoms with Crippen molar-refractivity contribution < 1.29 is 4.79 Å². The van der Waals surface area contributed by atoms with E-state index < -0.39 is 5.41 Å². The van der Waals surface area contributed by atoms with Crippen LogP contribution in [-0.4, -0.2) is 36.5 Å². The Hall–Kier alpha value is -1.39. The Labute approximate surface area is 121 Å². The molecule has 1 heterocycles. The van der Waals surface area contributed by atoms with E-state index in [9.17, 15) is 4.79 Å². The highest BCUT2D eigenvalue weighted by molar-refractivity contribution is 5.94. The van der Waals surface area contributed by atoms with Crippen molar-refractivity contribution in [1.29, 1.82) is 0 Å². The van der Waals surface area contributed by atoms with Gasteiger partial charge in [0.15, 0.2) is 0 Å². The van der Waals surface area contributed by atoms with Gasteiger partial charge in [0.05, 0.1) is 5.41 Å². The molecule has 1 aliphatic heterocycles. The van der Waals surface area contributed by atoms with E-state index in [0.29, 0.717) is 0 Å². The van der Waals surface area contributed by atoms with Crippen LogP contribution in [0.25, 0.3) is 0 Å². The van der Waals surface area contributed by atoms with Crippen LogP contribution >= 0.6 is 0 Å². The summed E-state index contributed by atoms with van der Waals surface area (Å²) in [5.74, 6) is 0.0582. The predicted molar refractivity (Wildman–Crippen MR) is 82.5 cm³/mol. The number of amides is 1. The third-order valence-corrected chi connectivity index (χ3v) is 3.81. The zero-order valence-corrected chi connectivity index (χ0v) is 12.4. The SMILES string of the molecule is CC(C)(CN1CCC[C@@H](N)C1)C(=O)Nc1ccccc1. The Bertz CT molecular complexity index is 444. The summed E-state index contributed by atoms with van der Waals surface area (Å²) >= 11 is 0. The molecule has 1 atom stereocenters. The number of benzene rings is 1. The van der Waals surface area contributed by atoms with Crippen molar-refractivity contribution in [2.24, 2.45) is 11.1 Å². The van der Waals surface area contributed by atoms with Crippen molar-refractivity contribution in [3.05, 3.63) is 30.3 Å². The Morgan fingerprint density at radius 2 is 2.10 bits per heavy atom. The zero-order chi connectivity index (χ0) is 14.6. The molecule has 4 heteroatoms. The average Bonchev–Trinajstić information content (AvgIpc) is 2.39. The third-order valence-electron chi connectivity index (χ3n) is 3.81. The summed E-state index contributed by atoms with van der Waals surface area (Å²) in [6.07, 6.45) is 2.21. The van der Waals surface area contributed by atoms with Crippen molar-refractivity contribution in [2.75, 3.05) is 25.0 Å². The molecule has 110 valence electrons. The fourth-order valence-electron chi connectivity index (χ4n) is 2.69. The van der Waals surface area contributed by atoms with E-state index in [1.54, 1.807) is 0 Å². The fourth-order valence-corrected chi connectivity index (χ4v) is 2.69. The number of piperidine rings is 1. The largest absolute Gasteiger partial charge is 0.327 e. The van der Waals surface area contributed by atoms with E-state index in [1.807, 2.05) is 44.2 Å². The molecule has 0 unspecified atom stereocenters. The Kier molecular flexibility index (Phi) is 4.78. The molecule has 1 aliphatic rings. The third kappa shape index (κ3) is 4.05. The molecule has 0 bridgehead atoms. The van der Waals surface area contributed by atoms with Crippen LogP contribution in [0.5, 0.6) is 0 Å². The van der Waals surface area contributed by atoms with Gasteiger partial charge in [0, 0.05) is 24.8 Å². The number of anilines is 1. The van der Waals surface area contributed by atoms with Crippen LogP contribution in [0, 0.1) is 5.41 Å². The molecule has 1 amide bonds. The van der Waals surface area contributed by atoms with E-state index in [-0.39, 0.29) is 11.9 Å². The fraction of sp³-hybridized carbons (Fsp3) is 0.562. The van der Waals surface area contributed by atoms with Gasteiger partial charge in [-0.05, 0) is 45.4 Å². The van der Waals surface area contributed by atoms with Gasteiger partial charge in [-0.3, -0.25) is 4.79 Å². The maximum atomic E-state index is 12.4. The summed E-state index contributed by atoms with van der Waals surface area (Å²) in [4.78, 5) is 14.7. The molecular weight excluding hydrogens is 250 g/mol. The number of para-hydroxylation sites is 1. The summed E-state index contributed by atoms with van der Waals surface area (Å²) in [5, 5.41) is 2.99. The number of nitrogens with two attached hydrogens (primary N) is 1. The van der Waals surface area contributed by atoms with Gasteiger partial charge in [0.1, 0.15) is 0 Å². The normalized spacial score (nSPS) is 20.6. The van der Waals surface area contributed by atoms with Gasteiger partial charge in [-0.15, -0.1) is 0 Å². The lowest BCUT2D eigenvalue weighted by atomic mass is 9.90. The Balaban J connectivity index is 1.93. The number of likely N-dealkylation sites (tertiary alicyclic amines) is 1. The van der Waals surface area contributed by atoms with Crippen molar-refractivity contribution in [1.82, 2.24) is 4.90 Å². The van der Waals surface area contributed by atoms with Crippen LogP contribution in [0.1, 0.15) is 26.7 Å². The first-order valence-corrected chi connectivity index (χ1v) is 7.32. The zero-order valence-electron chi connectivity index (χ0n) is 12.4. The highest BCUT2D eigenvalue weighted by Gasteiger charge is 2.31. The minimum absolute atomic E-state index is 0.0582. The molecule has 20 heavy (non-hydrogen) atoms. The van der Waals surface area contributed by atoms with Crippen LogP contribution < -0.4 is 11.1 Å². The van der Waals surface area contributed by atoms with Crippen LogP contribution in [0.2, 0.25) is 0 Å². The van der Waals surface area contributed by atoms with E-state index in [0.717, 1.165) is 38.2 Å². The second-order valence-electron chi connectivity index (χ2n) is 6.34. The quantitative estimate of drug-likeness (QED) is 0.884. The molecule has 4 nitrogen and oxygen atoms in total. The van der Waals surface area contributed by atoms with Gasteiger partial charge >= 0.3 is 0 Å². The molecule has 3 N–H and O–H groups in total. The summed E-state index contributed by atoms with van der Waals surface area (Å²) in [6.45, 7) is 6.66. The standard InChI is InChI=1S/C16H25N3O/c1-16(2,12-19-10-6-7-13(17)11-19)15(20)18-14-8-4-3-5-9-14/h3-5,8-9,13H,6-7,10-12,17H2,1-2H3,(H,18,20)/t13-/m1/s1. The first kappa shape index (κ1) is 15.0. The number of nitrogens with one attached hydrogen (secondary N) is 1. The number of nitrogens with zero attached hydrogens (tertiary/aromatic N) is 1. The Morgan fingerprint density at radius 3 is 2.75 bits per heavy atom. The molecule has 2 rings (SSSR count). The highest BCUT2D eigenvalue weighted by Crippen LogP contribution is 2.22. The second-order valence-corrected chi connectivity index (χ2v) is 6.34. The topological polar surface area (TPSA) is 58.4 Å². The predicted octanol–water partition coefficient (Wildman–Crippen LogP) is 2.07. The summed E-state index contributed by atoms with van der Waals surface area (Å²) in [5.41, 5.74) is 6.43. The van der Waals surface area contributed by atoms with E-state index in [4.69, 9.17) is 5.73 Å². The van der Waals surface area contributed by atoms with Crippen molar-refractivity contribution in [3.8, 4) is 0 Å². The number of rotatable bonds is 4. The van der Waals surface area contributed by atoms with Gasteiger partial charge in [0.25, 0.3) is 0 Å². The number of hydrogen-bond acceptors (Lipinski definition) is 3. The highest BCUT2D eigenvalue weighted by atomic mass is 16.2. The van der Waals surface area contributed by atoms with Crippen molar-refractivity contribution in [2.45, 2.75) is 32.7 Å². The summed E-state index contributed by atoms with van der Waals surface area (Å²) < 4.78 is 0.